The Morgan fingerprint density at radius 2 is 1.61 bits per heavy atom. The second-order valence-electron chi connectivity index (χ2n) is 10.1. The molecule has 2 amide bonds. The SMILES string of the molecule is O=C(C1CCCC1)N1CCC(N2C(=O)C(OCC3CC3)C23CCCCC3)CC1. The lowest BCUT2D eigenvalue weighted by Gasteiger charge is -2.62. The fourth-order valence-electron chi connectivity index (χ4n) is 6.37. The number of piperidine rings is 1. The van der Waals surface area contributed by atoms with Crippen LogP contribution >= 0.6 is 0 Å². The van der Waals surface area contributed by atoms with E-state index >= 15 is 0 Å². The van der Waals surface area contributed by atoms with Crippen molar-refractivity contribution in [2.24, 2.45) is 11.8 Å². The van der Waals surface area contributed by atoms with Gasteiger partial charge in [-0.05, 0) is 57.3 Å². The van der Waals surface area contributed by atoms with Gasteiger partial charge in [0.15, 0.2) is 6.10 Å². The molecule has 1 atom stereocenters. The summed E-state index contributed by atoms with van der Waals surface area (Å²) in [6, 6.07) is 0.305. The zero-order valence-electron chi connectivity index (χ0n) is 17.2. The number of ether oxygens (including phenoxy) is 1. The fourth-order valence-corrected chi connectivity index (χ4v) is 6.37. The number of likely N-dealkylation sites (tertiary alicyclic amines) is 2. The van der Waals surface area contributed by atoms with Gasteiger partial charge in [-0.2, -0.15) is 0 Å². The van der Waals surface area contributed by atoms with Gasteiger partial charge < -0.3 is 14.5 Å². The molecule has 5 fully saturated rings. The van der Waals surface area contributed by atoms with Gasteiger partial charge in [0.25, 0.3) is 5.91 Å². The van der Waals surface area contributed by atoms with Crippen molar-refractivity contribution in [3.63, 3.8) is 0 Å². The molecule has 2 aliphatic heterocycles. The van der Waals surface area contributed by atoms with Crippen molar-refractivity contribution in [1.82, 2.24) is 9.80 Å². The summed E-state index contributed by atoms with van der Waals surface area (Å²) in [6.45, 7) is 2.43. The molecule has 1 spiro atoms. The van der Waals surface area contributed by atoms with Crippen LogP contribution in [0.15, 0.2) is 0 Å². The first-order chi connectivity index (χ1) is 13.7. The minimum Gasteiger partial charge on any atom is -0.366 e. The number of carbonyl (C=O) groups excluding carboxylic acids is 2. The van der Waals surface area contributed by atoms with Crippen molar-refractivity contribution in [1.29, 1.82) is 0 Å². The third kappa shape index (κ3) is 3.28. The van der Waals surface area contributed by atoms with E-state index in [-0.39, 0.29) is 23.5 Å². The monoisotopic (exact) mass is 388 g/mol. The molecule has 0 aromatic heterocycles. The van der Waals surface area contributed by atoms with Crippen LogP contribution in [0.3, 0.4) is 0 Å². The summed E-state index contributed by atoms with van der Waals surface area (Å²) in [5.74, 6) is 1.59. The van der Waals surface area contributed by atoms with Gasteiger partial charge in [-0.15, -0.1) is 0 Å². The molecule has 2 heterocycles. The molecule has 3 aliphatic carbocycles. The molecule has 0 aromatic rings. The number of amides is 2. The van der Waals surface area contributed by atoms with Gasteiger partial charge in [-0.25, -0.2) is 0 Å². The Morgan fingerprint density at radius 1 is 0.929 bits per heavy atom. The van der Waals surface area contributed by atoms with Crippen molar-refractivity contribution < 1.29 is 14.3 Å². The van der Waals surface area contributed by atoms with Crippen LogP contribution in [-0.4, -0.2) is 59.0 Å². The standard InChI is InChI=1S/C23H36N2O3/c26-21(18-6-2-3-7-18)24-14-10-19(11-15-24)25-22(27)20(28-16-17-8-9-17)23(25)12-4-1-5-13-23/h17-20H,1-16H2. The third-order valence-electron chi connectivity index (χ3n) is 8.19. The lowest BCUT2D eigenvalue weighted by Crippen LogP contribution is -2.78. The summed E-state index contributed by atoms with van der Waals surface area (Å²) in [5, 5.41) is 0. The predicted octanol–water partition coefficient (Wildman–Crippen LogP) is 3.51. The number of hydrogen-bond acceptors (Lipinski definition) is 3. The minimum absolute atomic E-state index is 0.0352. The maximum Gasteiger partial charge on any atom is 0.254 e. The fraction of sp³-hybridized carbons (Fsp3) is 0.913. The topological polar surface area (TPSA) is 49.9 Å². The molecule has 156 valence electrons. The highest BCUT2D eigenvalue weighted by atomic mass is 16.5. The molecule has 0 bridgehead atoms. The van der Waals surface area contributed by atoms with Crippen LogP contribution in [0.4, 0.5) is 0 Å². The lowest BCUT2D eigenvalue weighted by atomic mass is 9.68. The van der Waals surface area contributed by atoms with Crippen LogP contribution in [0, 0.1) is 11.8 Å². The molecule has 1 unspecified atom stereocenters. The summed E-state index contributed by atoms with van der Waals surface area (Å²) in [6.07, 6.45) is 14.7. The van der Waals surface area contributed by atoms with Crippen molar-refractivity contribution in [2.45, 2.75) is 101 Å². The van der Waals surface area contributed by atoms with E-state index in [2.05, 4.69) is 9.80 Å². The molecule has 5 nitrogen and oxygen atoms in total. The lowest BCUT2D eigenvalue weighted by molar-refractivity contribution is -0.211. The van der Waals surface area contributed by atoms with E-state index in [0.717, 1.165) is 58.2 Å². The third-order valence-corrected chi connectivity index (χ3v) is 8.19. The zero-order valence-corrected chi connectivity index (χ0v) is 17.2. The molecular weight excluding hydrogens is 352 g/mol. The second kappa shape index (κ2) is 7.62. The summed E-state index contributed by atoms with van der Waals surface area (Å²) in [5.41, 5.74) is -0.0352. The van der Waals surface area contributed by atoms with Crippen molar-refractivity contribution in [3.05, 3.63) is 0 Å². The van der Waals surface area contributed by atoms with E-state index in [1.54, 1.807) is 0 Å². The Morgan fingerprint density at radius 3 is 2.25 bits per heavy atom. The Kier molecular flexibility index (Phi) is 5.14. The van der Waals surface area contributed by atoms with Gasteiger partial charge in [0.2, 0.25) is 5.91 Å². The van der Waals surface area contributed by atoms with E-state index < -0.39 is 0 Å². The summed E-state index contributed by atoms with van der Waals surface area (Å²) in [7, 11) is 0. The average Bonchev–Trinajstić information content (AvgIpc) is 3.39. The van der Waals surface area contributed by atoms with E-state index in [1.165, 1.54) is 44.9 Å². The number of carbonyl (C=O) groups is 2. The molecule has 0 aromatic carbocycles. The van der Waals surface area contributed by atoms with Gasteiger partial charge in [-0.1, -0.05) is 32.1 Å². The molecule has 2 saturated heterocycles. The Bertz CT molecular complexity index is 597. The summed E-state index contributed by atoms with van der Waals surface area (Å²) >= 11 is 0. The molecule has 5 heteroatoms. The summed E-state index contributed by atoms with van der Waals surface area (Å²) < 4.78 is 6.20. The smallest absolute Gasteiger partial charge is 0.254 e. The van der Waals surface area contributed by atoms with Crippen molar-refractivity contribution in [3.8, 4) is 0 Å². The van der Waals surface area contributed by atoms with Crippen LogP contribution in [0.1, 0.15) is 83.5 Å². The predicted molar refractivity (Wildman–Crippen MR) is 107 cm³/mol. The Hall–Kier alpha value is -1.10. The zero-order chi connectivity index (χ0) is 19.1. The molecule has 28 heavy (non-hydrogen) atoms. The Labute approximate surface area is 169 Å². The maximum atomic E-state index is 13.1. The van der Waals surface area contributed by atoms with Crippen LogP contribution < -0.4 is 0 Å². The normalized spacial score (nSPS) is 31.4. The van der Waals surface area contributed by atoms with Crippen LogP contribution in [0.5, 0.6) is 0 Å². The van der Waals surface area contributed by atoms with Crippen LogP contribution in [0.2, 0.25) is 0 Å². The number of hydrogen-bond donors (Lipinski definition) is 0. The summed E-state index contributed by atoms with van der Waals surface area (Å²) in [4.78, 5) is 30.2. The number of β-lactam (4-membered cyclic amide) rings is 1. The van der Waals surface area contributed by atoms with Crippen LogP contribution in [-0.2, 0) is 14.3 Å². The van der Waals surface area contributed by atoms with E-state index in [0.29, 0.717) is 17.9 Å². The first-order valence-corrected chi connectivity index (χ1v) is 11.9. The van der Waals surface area contributed by atoms with E-state index in [9.17, 15) is 9.59 Å². The maximum absolute atomic E-state index is 13.1. The van der Waals surface area contributed by atoms with Gasteiger partial charge in [0.1, 0.15) is 0 Å². The number of rotatable bonds is 5. The number of nitrogens with zero attached hydrogens (tertiary/aromatic N) is 2. The van der Waals surface area contributed by atoms with Gasteiger partial charge in [0.05, 0.1) is 12.1 Å². The quantitative estimate of drug-likeness (QED) is 0.677. The molecular formula is C23H36N2O3. The largest absolute Gasteiger partial charge is 0.366 e. The molecule has 5 rings (SSSR count). The van der Waals surface area contributed by atoms with E-state index in [1.807, 2.05) is 0 Å². The van der Waals surface area contributed by atoms with E-state index in [4.69, 9.17) is 4.74 Å². The second-order valence-corrected chi connectivity index (χ2v) is 10.1. The first kappa shape index (κ1) is 18.9. The highest BCUT2D eigenvalue weighted by Crippen LogP contribution is 2.49. The van der Waals surface area contributed by atoms with Crippen LogP contribution in [0.25, 0.3) is 0 Å². The molecule has 3 saturated carbocycles. The molecule has 0 radical (unpaired) electrons. The minimum atomic E-state index is -0.188. The Balaban J connectivity index is 1.22. The highest BCUT2D eigenvalue weighted by molar-refractivity contribution is 5.91. The first-order valence-electron chi connectivity index (χ1n) is 11.9. The molecule has 0 N–H and O–H groups in total. The van der Waals surface area contributed by atoms with Crippen molar-refractivity contribution in [2.75, 3.05) is 19.7 Å². The molecule has 5 aliphatic rings. The average molecular weight is 389 g/mol. The van der Waals surface area contributed by atoms with Gasteiger partial charge in [0, 0.05) is 25.0 Å². The van der Waals surface area contributed by atoms with Gasteiger partial charge >= 0.3 is 0 Å². The highest BCUT2D eigenvalue weighted by Gasteiger charge is 2.62. The van der Waals surface area contributed by atoms with Gasteiger partial charge in [-0.3, -0.25) is 9.59 Å². The van der Waals surface area contributed by atoms with Crippen molar-refractivity contribution >= 4 is 11.8 Å².